The molecule has 1 aromatic heterocycles. The third kappa shape index (κ3) is 2.74. The van der Waals surface area contributed by atoms with Crippen LogP contribution in [-0.2, 0) is 6.54 Å². The molecule has 16 heavy (non-hydrogen) atoms. The number of hydrogen-bond donors (Lipinski definition) is 1. The van der Waals surface area contributed by atoms with Crippen LogP contribution in [0.4, 0.5) is 5.13 Å². The summed E-state index contributed by atoms with van der Waals surface area (Å²) in [7, 11) is 1.99. The predicted octanol–water partition coefficient (Wildman–Crippen LogP) is 2.55. The molecular weight excluding hydrogens is 218 g/mol. The molecule has 2 heterocycles. The third-order valence-corrected chi connectivity index (χ3v) is 4.31. The highest BCUT2D eigenvalue weighted by molar-refractivity contribution is 7.15. The standard InChI is InChI=1S/C12H21N3S/c1-10-11(9-13-2)16-12(14-10)15-7-5-3-4-6-8-15/h13H,3-9H2,1-2H3. The van der Waals surface area contributed by atoms with Crippen molar-refractivity contribution in [1.29, 1.82) is 0 Å². The largest absolute Gasteiger partial charge is 0.348 e. The smallest absolute Gasteiger partial charge is 0.185 e. The van der Waals surface area contributed by atoms with Gasteiger partial charge in [-0.1, -0.05) is 12.8 Å². The zero-order chi connectivity index (χ0) is 11.4. The van der Waals surface area contributed by atoms with Crippen LogP contribution < -0.4 is 10.2 Å². The first kappa shape index (κ1) is 11.9. The highest BCUT2D eigenvalue weighted by atomic mass is 32.1. The molecule has 0 atom stereocenters. The van der Waals surface area contributed by atoms with Crippen molar-refractivity contribution in [2.24, 2.45) is 0 Å². The van der Waals surface area contributed by atoms with Crippen molar-refractivity contribution < 1.29 is 0 Å². The Labute approximate surface area is 102 Å². The number of hydrogen-bond acceptors (Lipinski definition) is 4. The molecule has 0 saturated carbocycles. The maximum absolute atomic E-state index is 4.70. The Balaban J connectivity index is 2.09. The maximum atomic E-state index is 4.70. The predicted molar refractivity (Wildman–Crippen MR) is 70.3 cm³/mol. The molecule has 0 radical (unpaired) electrons. The minimum absolute atomic E-state index is 0.942. The number of aromatic nitrogens is 1. The lowest BCUT2D eigenvalue weighted by molar-refractivity contribution is 0.726. The average Bonchev–Trinajstić information content (AvgIpc) is 2.54. The van der Waals surface area contributed by atoms with Gasteiger partial charge in [0.15, 0.2) is 5.13 Å². The van der Waals surface area contributed by atoms with Crippen LogP contribution in [0.25, 0.3) is 0 Å². The van der Waals surface area contributed by atoms with E-state index in [0.717, 1.165) is 6.54 Å². The van der Waals surface area contributed by atoms with Gasteiger partial charge in [0.25, 0.3) is 0 Å². The first-order valence-corrected chi connectivity index (χ1v) is 6.99. The minimum atomic E-state index is 0.942. The molecule has 1 N–H and O–H groups in total. The van der Waals surface area contributed by atoms with E-state index in [1.165, 1.54) is 54.5 Å². The summed E-state index contributed by atoms with van der Waals surface area (Å²) in [6, 6.07) is 0. The van der Waals surface area contributed by atoms with Crippen LogP contribution in [0.5, 0.6) is 0 Å². The Morgan fingerprint density at radius 2 is 1.94 bits per heavy atom. The summed E-state index contributed by atoms with van der Waals surface area (Å²) in [5.41, 5.74) is 1.19. The zero-order valence-electron chi connectivity index (χ0n) is 10.3. The summed E-state index contributed by atoms with van der Waals surface area (Å²) in [4.78, 5) is 8.54. The van der Waals surface area contributed by atoms with E-state index in [4.69, 9.17) is 4.98 Å². The second kappa shape index (κ2) is 5.64. The van der Waals surface area contributed by atoms with Gasteiger partial charge in [0.2, 0.25) is 0 Å². The van der Waals surface area contributed by atoms with Crippen LogP contribution in [-0.4, -0.2) is 25.1 Å². The van der Waals surface area contributed by atoms with Crippen LogP contribution in [0.3, 0.4) is 0 Å². The molecule has 3 nitrogen and oxygen atoms in total. The molecule has 0 aliphatic carbocycles. The Bertz CT molecular complexity index is 327. The fourth-order valence-electron chi connectivity index (χ4n) is 2.13. The summed E-state index contributed by atoms with van der Waals surface area (Å²) < 4.78 is 0. The molecule has 4 heteroatoms. The van der Waals surface area contributed by atoms with Crippen LogP contribution >= 0.6 is 11.3 Å². The average molecular weight is 239 g/mol. The van der Waals surface area contributed by atoms with E-state index < -0.39 is 0 Å². The Kier molecular flexibility index (Phi) is 4.18. The second-order valence-electron chi connectivity index (χ2n) is 4.44. The monoisotopic (exact) mass is 239 g/mol. The van der Waals surface area contributed by atoms with Crippen LogP contribution in [0.2, 0.25) is 0 Å². The molecule has 0 bridgehead atoms. The number of nitrogens with one attached hydrogen (secondary N) is 1. The molecule has 1 aliphatic heterocycles. The minimum Gasteiger partial charge on any atom is -0.348 e. The molecule has 0 amide bonds. The molecule has 1 saturated heterocycles. The molecule has 1 aliphatic rings. The Hall–Kier alpha value is -0.610. The summed E-state index contributed by atoms with van der Waals surface area (Å²) in [6.07, 6.45) is 5.40. The topological polar surface area (TPSA) is 28.2 Å². The summed E-state index contributed by atoms with van der Waals surface area (Å²) in [6.45, 7) is 5.43. The van der Waals surface area contributed by atoms with E-state index in [-0.39, 0.29) is 0 Å². The summed E-state index contributed by atoms with van der Waals surface area (Å²) in [5.74, 6) is 0. The number of thiazole rings is 1. The lowest BCUT2D eigenvalue weighted by Gasteiger charge is -2.18. The van der Waals surface area contributed by atoms with E-state index in [2.05, 4.69) is 17.1 Å². The lowest BCUT2D eigenvalue weighted by atomic mass is 10.2. The van der Waals surface area contributed by atoms with Crippen LogP contribution in [0.15, 0.2) is 0 Å². The summed E-state index contributed by atoms with van der Waals surface area (Å²) in [5, 5.41) is 4.43. The fraction of sp³-hybridized carbons (Fsp3) is 0.750. The molecule has 90 valence electrons. The van der Waals surface area contributed by atoms with Gasteiger partial charge in [-0.25, -0.2) is 4.98 Å². The van der Waals surface area contributed by atoms with Gasteiger partial charge in [0.05, 0.1) is 5.69 Å². The molecule has 0 spiro atoms. The first-order chi connectivity index (χ1) is 7.81. The number of anilines is 1. The fourth-order valence-corrected chi connectivity index (χ4v) is 3.26. The van der Waals surface area contributed by atoms with Crippen molar-refractivity contribution in [3.8, 4) is 0 Å². The van der Waals surface area contributed by atoms with Gasteiger partial charge in [-0.2, -0.15) is 0 Å². The van der Waals surface area contributed by atoms with Crippen molar-refractivity contribution >= 4 is 16.5 Å². The van der Waals surface area contributed by atoms with Crippen LogP contribution in [0.1, 0.15) is 36.3 Å². The van der Waals surface area contributed by atoms with Crippen molar-refractivity contribution in [1.82, 2.24) is 10.3 Å². The van der Waals surface area contributed by atoms with Gasteiger partial charge in [0.1, 0.15) is 0 Å². The number of rotatable bonds is 3. The molecule has 0 unspecified atom stereocenters. The zero-order valence-corrected chi connectivity index (χ0v) is 11.1. The van der Waals surface area contributed by atoms with E-state index in [1.54, 1.807) is 0 Å². The van der Waals surface area contributed by atoms with Gasteiger partial charge in [-0.3, -0.25) is 0 Å². The molecule has 1 fully saturated rings. The molecule has 2 rings (SSSR count). The third-order valence-electron chi connectivity index (χ3n) is 3.10. The van der Waals surface area contributed by atoms with E-state index in [9.17, 15) is 0 Å². The lowest BCUT2D eigenvalue weighted by Crippen LogP contribution is -2.23. The summed E-state index contributed by atoms with van der Waals surface area (Å²) >= 11 is 1.85. The van der Waals surface area contributed by atoms with E-state index >= 15 is 0 Å². The normalized spacial score (nSPS) is 17.5. The maximum Gasteiger partial charge on any atom is 0.185 e. The van der Waals surface area contributed by atoms with Gasteiger partial charge in [0, 0.05) is 24.5 Å². The molecule has 0 aromatic carbocycles. The molecule has 1 aromatic rings. The van der Waals surface area contributed by atoms with Crippen molar-refractivity contribution in [3.05, 3.63) is 10.6 Å². The van der Waals surface area contributed by atoms with Crippen molar-refractivity contribution in [2.75, 3.05) is 25.0 Å². The SMILES string of the molecule is CNCc1sc(N2CCCCCC2)nc1C. The van der Waals surface area contributed by atoms with Crippen molar-refractivity contribution in [3.63, 3.8) is 0 Å². The quantitative estimate of drug-likeness (QED) is 0.878. The van der Waals surface area contributed by atoms with Gasteiger partial charge < -0.3 is 10.2 Å². The van der Waals surface area contributed by atoms with Gasteiger partial charge in [-0.05, 0) is 26.8 Å². The number of aryl methyl sites for hydroxylation is 1. The van der Waals surface area contributed by atoms with Crippen molar-refractivity contribution in [2.45, 2.75) is 39.2 Å². The highest BCUT2D eigenvalue weighted by Crippen LogP contribution is 2.27. The first-order valence-electron chi connectivity index (χ1n) is 6.17. The van der Waals surface area contributed by atoms with E-state index in [0.29, 0.717) is 0 Å². The number of nitrogens with zero attached hydrogens (tertiary/aromatic N) is 2. The van der Waals surface area contributed by atoms with Gasteiger partial charge in [-0.15, -0.1) is 11.3 Å². The van der Waals surface area contributed by atoms with Crippen LogP contribution in [0, 0.1) is 6.92 Å². The molecular formula is C12H21N3S. The second-order valence-corrected chi connectivity index (χ2v) is 5.50. The Morgan fingerprint density at radius 3 is 2.56 bits per heavy atom. The highest BCUT2D eigenvalue weighted by Gasteiger charge is 2.15. The Morgan fingerprint density at radius 1 is 1.25 bits per heavy atom. The van der Waals surface area contributed by atoms with E-state index in [1.807, 2.05) is 18.4 Å². The van der Waals surface area contributed by atoms with Gasteiger partial charge >= 0.3 is 0 Å².